The van der Waals surface area contributed by atoms with Crippen molar-refractivity contribution in [2.45, 2.75) is 17.7 Å². The zero-order chi connectivity index (χ0) is 20.4. The summed E-state index contributed by atoms with van der Waals surface area (Å²) in [5.41, 5.74) is 1.51. The van der Waals surface area contributed by atoms with Gasteiger partial charge in [-0.1, -0.05) is 29.8 Å². The largest absolute Gasteiger partial charge is 0.324 e. The van der Waals surface area contributed by atoms with E-state index in [9.17, 15) is 13.2 Å². The van der Waals surface area contributed by atoms with Crippen molar-refractivity contribution in [2.75, 3.05) is 18.4 Å². The normalized spacial score (nSPS) is 16.0. The Morgan fingerprint density at radius 3 is 2.48 bits per heavy atom. The molecule has 0 aliphatic carbocycles. The molecule has 1 N–H and O–H groups in total. The molecule has 0 bridgehead atoms. The van der Waals surface area contributed by atoms with Gasteiger partial charge in [0.25, 0.3) is 0 Å². The second-order valence-electron chi connectivity index (χ2n) is 7.04. The number of halogens is 1. The van der Waals surface area contributed by atoms with Gasteiger partial charge < -0.3 is 5.32 Å². The number of anilines is 1. The summed E-state index contributed by atoms with van der Waals surface area (Å²) in [4.78, 5) is 17.2. The maximum atomic E-state index is 12.8. The lowest BCUT2D eigenvalue weighted by Crippen LogP contribution is -2.41. The minimum atomic E-state index is -3.58. The minimum Gasteiger partial charge on any atom is -0.324 e. The van der Waals surface area contributed by atoms with E-state index < -0.39 is 10.0 Å². The molecule has 0 radical (unpaired) electrons. The number of sulfonamides is 1. The summed E-state index contributed by atoms with van der Waals surface area (Å²) in [6, 6.07) is 15.7. The Morgan fingerprint density at radius 2 is 1.76 bits per heavy atom. The first-order valence-corrected chi connectivity index (χ1v) is 11.2. The summed E-state index contributed by atoms with van der Waals surface area (Å²) in [6.07, 6.45) is 2.58. The summed E-state index contributed by atoms with van der Waals surface area (Å²) >= 11 is 5.84. The standard InChI is InChI=1S/C21H20ClN3O3S/c22-17-5-7-19(8-6-17)29(27,28)25-11-9-15(10-12-25)21(26)24-18-13-16-3-1-2-4-20(16)23-14-18/h1-8,13-15H,9-12H2,(H,24,26). The number of nitrogens with zero attached hydrogens (tertiary/aromatic N) is 2. The molecule has 4 rings (SSSR count). The SMILES string of the molecule is O=C(Nc1cnc2ccccc2c1)C1CCN(S(=O)(=O)c2ccc(Cl)cc2)CC1. The van der Waals surface area contributed by atoms with Crippen LogP contribution in [-0.2, 0) is 14.8 Å². The van der Waals surface area contributed by atoms with Crippen LogP contribution in [0, 0.1) is 5.92 Å². The van der Waals surface area contributed by atoms with Crippen molar-refractivity contribution in [1.82, 2.24) is 9.29 Å². The quantitative estimate of drug-likeness (QED) is 0.681. The fraction of sp³-hybridized carbons (Fsp3) is 0.238. The predicted molar refractivity (Wildman–Crippen MR) is 113 cm³/mol. The van der Waals surface area contributed by atoms with Crippen molar-refractivity contribution in [1.29, 1.82) is 0 Å². The molecule has 1 aliphatic heterocycles. The van der Waals surface area contributed by atoms with Crippen LogP contribution in [0.15, 0.2) is 65.7 Å². The zero-order valence-corrected chi connectivity index (χ0v) is 17.2. The Morgan fingerprint density at radius 1 is 1.07 bits per heavy atom. The summed E-state index contributed by atoms with van der Waals surface area (Å²) in [5.74, 6) is -0.344. The number of carbonyl (C=O) groups is 1. The second kappa shape index (κ2) is 8.10. The number of benzene rings is 2. The maximum absolute atomic E-state index is 12.8. The second-order valence-corrected chi connectivity index (χ2v) is 9.41. The summed E-state index contributed by atoms with van der Waals surface area (Å²) in [7, 11) is -3.58. The van der Waals surface area contributed by atoms with Gasteiger partial charge in [-0.3, -0.25) is 9.78 Å². The third-order valence-corrected chi connectivity index (χ3v) is 7.30. The first-order chi connectivity index (χ1) is 13.9. The number of fused-ring (bicyclic) bond motifs is 1. The van der Waals surface area contributed by atoms with Crippen LogP contribution in [0.4, 0.5) is 5.69 Å². The Bertz CT molecular complexity index is 1140. The monoisotopic (exact) mass is 429 g/mol. The van der Waals surface area contributed by atoms with E-state index in [1.165, 1.54) is 16.4 Å². The lowest BCUT2D eigenvalue weighted by Gasteiger charge is -2.30. The summed E-state index contributed by atoms with van der Waals surface area (Å²) in [5, 5.41) is 4.35. The average Bonchev–Trinajstić information content (AvgIpc) is 2.74. The van der Waals surface area contributed by atoms with E-state index in [-0.39, 0.29) is 16.7 Å². The summed E-state index contributed by atoms with van der Waals surface area (Å²) in [6.45, 7) is 0.609. The predicted octanol–water partition coefficient (Wildman–Crippen LogP) is 3.93. The molecule has 150 valence electrons. The molecule has 1 fully saturated rings. The maximum Gasteiger partial charge on any atom is 0.243 e. The van der Waals surface area contributed by atoms with E-state index in [1.54, 1.807) is 18.3 Å². The van der Waals surface area contributed by atoms with Gasteiger partial charge >= 0.3 is 0 Å². The molecular formula is C21H20ClN3O3S. The molecular weight excluding hydrogens is 410 g/mol. The highest BCUT2D eigenvalue weighted by molar-refractivity contribution is 7.89. The molecule has 0 atom stereocenters. The van der Waals surface area contributed by atoms with Gasteiger partial charge in [-0.25, -0.2) is 8.42 Å². The van der Waals surface area contributed by atoms with Crippen LogP contribution < -0.4 is 5.32 Å². The van der Waals surface area contributed by atoms with Gasteiger partial charge in [0.15, 0.2) is 0 Å². The lowest BCUT2D eigenvalue weighted by atomic mass is 9.97. The smallest absolute Gasteiger partial charge is 0.243 e. The molecule has 1 amide bonds. The van der Waals surface area contributed by atoms with E-state index in [2.05, 4.69) is 10.3 Å². The number of nitrogens with one attached hydrogen (secondary N) is 1. The number of carbonyl (C=O) groups excluding carboxylic acids is 1. The molecule has 6 nitrogen and oxygen atoms in total. The number of rotatable bonds is 4. The Labute approximate surface area is 174 Å². The molecule has 2 heterocycles. The van der Waals surface area contributed by atoms with Crippen molar-refractivity contribution < 1.29 is 13.2 Å². The van der Waals surface area contributed by atoms with Crippen LogP contribution in [0.1, 0.15) is 12.8 Å². The molecule has 8 heteroatoms. The van der Waals surface area contributed by atoms with Gasteiger partial charge in [-0.15, -0.1) is 0 Å². The van der Waals surface area contributed by atoms with Crippen molar-refractivity contribution in [3.63, 3.8) is 0 Å². The van der Waals surface area contributed by atoms with Crippen molar-refractivity contribution in [3.8, 4) is 0 Å². The molecule has 3 aromatic rings. The first kappa shape index (κ1) is 19.8. The Hall–Kier alpha value is -2.48. The van der Waals surface area contributed by atoms with Crippen molar-refractivity contribution in [2.24, 2.45) is 5.92 Å². The number of pyridine rings is 1. The molecule has 1 saturated heterocycles. The third kappa shape index (κ3) is 4.27. The first-order valence-electron chi connectivity index (χ1n) is 9.35. The topological polar surface area (TPSA) is 79.4 Å². The summed E-state index contributed by atoms with van der Waals surface area (Å²) < 4.78 is 27.0. The van der Waals surface area contributed by atoms with Crippen LogP contribution in [0.2, 0.25) is 5.02 Å². The molecule has 1 aromatic heterocycles. The van der Waals surface area contributed by atoms with Gasteiger partial charge in [-0.05, 0) is 49.2 Å². The molecule has 2 aromatic carbocycles. The van der Waals surface area contributed by atoms with Gasteiger partial charge in [-0.2, -0.15) is 4.31 Å². The average molecular weight is 430 g/mol. The van der Waals surface area contributed by atoms with Crippen LogP contribution >= 0.6 is 11.6 Å². The highest BCUT2D eigenvalue weighted by atomic mass is 35.5. The number of piperidine rings is 1. The number of hydrogen-bond donors (Lipinski definition) is 1. The van der Waals surface area contributed by atoms with Gasteiger partial charge in [0, 0.05) is 29.4 Å². The number of aromatic nitrogens is 1. The van der Waals surface area contributed by atoms with Gasteiger partial charge in [0.05, 0.1) is 22.3 Å². The van der Waals surface area contributed by atoms with E-state index in [0.717, 1.165) is 10.9 Å². The van der Waals surface area contributed by atoms with Crippen molar-refractivity contribution in [3.05, 3.63) is 65.8 Å². The molecule has 0 spiro atoms. The van der Waals surface area contributed by atoms with E-state index >= 15 is 0 Å². The van der Waals surface area contributed by atoms with Crippen LogP contribution in [0.5, 0.6) is 0 Å². The van der Waals surface area contributed by atoms with Gasteiger partial charge in [0.1, 0.15) is 0 Å². The van der Waals surface area contributed by atoms with E-state index in [1.807, 2.05) is 30.3 Å². The van der Waals surface area contributed by atoms with Crippen LogP contribution in [0.25, 0.3) is 10.9 Å². The lowest BCUT2D eigenvalue weighted by molar-refractivity contribution is -0.120. The number of amides is 1. The fourth-order valence-electron chi connectivity index (χ4n) is 3.50. The Balaban J connectivity index is 1.39. The highest BCUT2D eigenvalue weighted by Gasteiger charge is 2.32. The third-order valence-electron chi connectivity index (χ3n) is 5.13. The van der Waals surface area contributed by atoms with Crippen LogP contribution in [0.3, 0.4) is 0 Å². The molecule has 0 unspecified atom stereocenters. The van der Waals surface area contributed by atoms with E-state index in [4.69, 9.17) is 11.6 Å². The van der Waals surface area contributed by atoms with E-state index in [0.29, 0.717) is 36.6 Å². The van der Waals surface area contributed by atoms with Crippen LogP contribution in [-0.4, -0.2) is 36.7 Å². The molecule has 0 saturated carbocycles. The van der Waals surface area contributed by atoms with Crippen molar-refractivity contribution >= 4 is 44.1 Å². The fourth-order valence-corrected chi connectivity index (χ4v) is 5.09. The highest BCUT2D eigenvalue weighted by Crippen LogP contribution is 2.26. The Kier molecular flexibility index (Phi) is 5.54. The number of hydrogen-bond acceptors (Lipinski definition) is 4. The number of para-hydroxylation sites is 1. The zero-order valence-electron chi connectivity index (χ0n) is 15.6. The van der Waals surface area contributed by atoms with Gasteiger partial charge in [0.2, 0.25) is 15.9 Å². The molecule has 29 heavy (non-hydrogen) atoms. The molecule has 1 aliphatic rings. The minimum absolute atomic E-state index is 0.106.